The van der Waals surface area contributed by atoms with E-state index >= 15 is 0 Å². The highest BCUT2D eigenvalue weighted by molar-refractivity contribution is 5.89. The summed E-state index contributed by atoms with van der Waals surface area (Å²) in [5.74, 6) is -1.48. The van der Waals surface area contributed by atoms with Crippen LogP contribution in [0, 0.1) is 5.92 Å². The van der Waals surface area contributed by atoms with E-state index in [2.05, 4.69) is 0 Å². The first-order valence-corrected chi connectivity index (χ1v) is 6.76. The summed E-state index contributed by atoms with van der Waals surface area (Å²) in [5.41, 5.74) is 0. The number of carboxylic acids is 1. The molecule has 0 aromatic rings. The Balaban J connectivity index is 2.54. The normalized spacial score (nSPS) is 18.4. The molecule has 1 N–H and O–H groups in total. The first kappa shape index (κ1) is 16.4. The van der Waals surface area contributed by atoms with Crippen molar-refractivity contribution in [1.82, 2.24) is 9.80 Å². The van der Waals surface area contributed by atoms with Gasteiger partial charge in [-0.2, -0.15) is 0 Å². The first-order valence-electron chi connectivity index (χ1n) is 6.76. The summed E-state index contributed by atoms with van der Waals surface area (Å²) in [6.07, 6.45) is 0.125. The lowest BCUT2D eigenvalue weighted by Gasteiger charge is -2.23. The molecular formula is C13H22N2O5. The van der Waals surface area contributed by atoms with Gasteiger partial charge in [-0.15, -0.1) is 0 Å². The number of hydrogen-bond acceptors (Lipinski definition) is 4. The molecule has 7 nitrogen and oxygen atoms in total. The third kappa shape index (κ3) is 4.48. The Morgan fingerprint density at radius 1 is 1.50 bits per heavy atom. The van der Waals surface area contributed by atoms with Gasteiger partial charge in [0.05, 0.1) is 18.9 Å². The monoisotopic (exact) mass is 286 g/mol. The molecule has 0 spiro atoms. The molecule has 7 heteroatoms. The summed E-state index contributed by atoms with van der Waals surface area (Å²) in [5, 5.41) is 8.67. The second-order valence-corrected chi connectivity index (χ2v) is 4.80. The van der Waals surface area contributed by atoms with Crippen LogP contribution >= 0.6 is 0 Å². The molecule has 1 heterocycles. The van der Waals surface area contributed by atoms with Gasteiger partial charge in [-0.1, -0.05) is 0 Å². The highest BCUT2D eigenvalue weighted by Crippen LogP contribution is 2.20. The van der Waals surface area contributed by atoms with Crippen LogP contribution in [0.5, 0.6) is 0 Å². The zero-order valence-corrected chi connectivity index (χ0v) is 12.0. The van der Waals surface area contributed by atoms with Gasteiger partial charge < -0.3 is 19.6 Å². The number of carbonyl (C=O) groups excluding carboxylic acids is 2. The summed E-state index contributed by atoms with van der Waals surface area (Å²) in [6.45, 7) is 3.77. The molecule has 0 aliphatic carbocycles. The fourth-order valence-electron chi connectivity index (χ4n) is 2.27. The van der Waals surface area contributed by atoms with E-state index < -0.39 is 5.97 Å². The number of hydrogen-bond donors (Lipinski definition) is 1. The van der Waals surface area contributed by atoms with Crippen molar-refractivity contribution in [2.24, 2.45) is 5.92 Å². The van der Waals surface area contributed by atoms with Gasteiger partial charge in [-0.25, -0.2) is 0 Å². The van der Waals surface area contributed by atoms with Gasteiger partial charge in [-0.05, 0) is 6.92 Å². The van der Waals surface area contributed by atoms with Crippen LogP contribution in [0.3, 0.4) is 0 Å². The van der Waals surface area contributed by atoms with Gasteiger partial charge in [0, 0.05) is 39.7 Å². The first-order chi connectivity index (χ1) is 9.49. The molecule has 1 fully saturated rings. The van der Waals surface area contributed by atoms with Gasteiger partial charge in [0.2, 0.25) is 11.8 Å². The molecule has 0 radical (unpaired) electrons. The predicted molar refractivity (Wildman–Crippen MR) is 71.1 cm³/mol. The molecule has 0 bridgehead atoms. The number of ether oxygens (including phenoxy) is 1. The summed E-state index contributed by atoms with van der Waals surface area (Å²) in [7, 11) is 1.56. The number of aliphatic carboxylic acids is 1. The number of carbonyl (C=O) groups is 3. The molecule has 1 atom stereocenters. The van der Waals surface area contributed by atoms with Crippen LogP contribution in [-0.2, 0) is 19.1 Å². The molecule has 114 valence electrons. The van der Waals surface area contributed by atoms with Crippen LogP contribution in [0.25, 0.3) is 0 Å². The minimum Gasteiger partial charge on any atom is -0.481 e. The third-order valence-corrected chi connectivity index (χ3v) is 3.42. The Labute approximate surface area is 118 Å². The third-order valence-electron chi connectivity index (χ3n) is 3.42. The Kier molecular flexibility index (Phi) is 6.44. The summed E-state index contributed by atoms with van der Waals surface area (Å²) in [6, 6.07) is 0. The Hall–Kier alpha value is -1.63. The van der Waals surface area contributed by atoms with Crippen molar-refractivity contribution < 1.29 is 24.2 Å². The fraction of sp³-hybridized carbons (Fsp3) is 0.769. The maximum Gasteiger partial charge on any atom is 0.305 e. The minimum atomic E-state index is -0.930. The maximum absolute atomic E-state index is 12.3. The average Bonchev–Trinajstić information content (AvgIpc) is 2.78. The van der Waals surface area contributed by atoms with E-state index in [9.17, 15) is 14.4 Å². The zero-order chi connectivity index (χ0) is 15.1. The van der Waals surface area contributed by atoms with E-state index in [0.29, 0.717) is 26.2 Å². The number of carboxylic acid groups (broad SMARTS) is 1. The molecule has 1 rings (SSSR count). The lowest BCUT2D eigenvalue weighted by atomic mass is 10.1. The van der Waals surface area contributed by atoms with E-state index in [4.69, 9.17) is 9.84 Å². The van der Waals surface area contributed by atoms with Gasteiger partial charge >= 0.3 is 5.97 Å². The van der Waals surface area contributed by atoms with Crippen LogP contribution in [0.4, 0.5) is 0 Å². The number of likely N-dealkylation sites (tertiary alicyclic amines) is 1. The van der Waals surface area contributed by atoms with Crippen molar-refractivity contribution in [1.29, 1.82) is 0 Å². The SMILES string of the molecule is CCN(CCC(=O)O)C(=O)C1CC(=O)N(CCOC)C1. The van der Waals surface area contributed by atoms with Crippen molar-refractivity contribution in [3.63, 3.8) is 0 Å². The molecule has 0 aromatic heterocycles. The molecular weight excluding hydrogens is 264 g/mol. The van der Waals surface area contributed by atoms with Crippen LogP contribution < -0.4 is 0 Å². The van der Waals surface area contributed by atoms with Crippen LogP contribution in [0.15, 0.2) is 0 Å². The molecule has 1 aliphatic rings. The summed E-state index contributed by atoms with van der Waals surface area (Å²) in [4.78, 5) is 37.8. The summed E-state index contributed by atoms with van der Waals surface area (Å²) >= 11 is 0. The Morgan fingerprint density at radius 3 is 2.75 bits per heavy atom. The number of methoxy groups -OCH3 is 1. The average molecular weight is 286 g/mol. The predicted octanol–water partition coefficient (Wildman–Crippen LogP) is -0.195. The van der Waals surface area contributed by atoms with Gasteiger partial charge in [-0.3, -0.25) is 14.4 Å². The van der Waals surface area contributed by atoms with Gasteiger partial charge in [0.15, 0.2) is 0 Å². The Morgan fingerprint density at radius 2 is 2.20 bits per heavy atom. The largest absolute Gasteiger partial charge is 0.481 e. The van der Waals surface area contributed by atoms with E-state index in [1.165, 1.54) is 4.90 Å². The smallest absolute Gasteiger partial charge is 0.305 e. The van der Waals surface area contributed by atoms with Crippen molar-refractivity contribution in [2.75, 3.05) is 39.9 Å². The lowest BCUT2D eigenvalue weighted by molar-refractivity contribution is -0.139. The molecule has 2 amide bonds. The molecule has 0 saturated carbocycles. The molecule has 20 heavy (non-hydrogen) atoms. The van der Waals surface area contributed by atoms with Gasteiger partial charge in [0.1, 0.15) is 0 Å². The number of amides is 2. The second kappa shape index (κ2) is 7.84. The molecule has 1 unspecified atom stereocenters. The quantitative estimate of drug-likeness (QED) is 0.668. The van der Waals surface area contributed by atoms with E-state index in [-0.39, 0.29) is 37.1 Å². The van der Waals surface area contributed by atoms with Crippen molar-refractivity contribution in [3.8, 4) is 0 Å². The van der Waals surface area contributed by atoms with Crippen LogP contribution in [-0.4, -0.2) is 72.6 Å². The number of rotatable bonds is 8. The molecule has 1 aliphatic heterocycles. The highest BCUT2D eigenvalue weighted by Gasteiger charge is 2.35. The van der Waals surface area contributed by atoms with Crippen LogP contribution in [0.1, 0.15) is 19.8 Å². The van der Waals surface area contributed by atoms with Crippen molar-refractivity contribution in [3.05, 3.63) is 0 Å². The van der Waals surface area contributed by atoms with E-state index in [0.717, 1.165) is 0 Å². The molecule has 0 aromatic carbocycles. The zero-order valence-electron chi connectivity index (χ0n) is 12.0. The lowest BCUT2D eigenvalue weighted by Crippen LogP contribution is -2.38. The van der Waals surface area contributed by atoms with Gasteiger partial charge in [0.25, 0.3) is 0 Å². The Bertz CT molecular complexity index is 372. The topological polar surface area (TPSA) is 87.2 Å². The van der Waals surface area contributed by atoms with Crippen LogP contribution in [0.2, 0.25) is 0 Å². The maximum atomic E-state index is 12.3. The highest BCUT2D eigenvalue weighted by atomic mass is 16.5. The minimum absolute atomic E-state index is 0.0466. The molecule has 1 saturated heterocycles. The number of nitrogens with zero attached hydrogens (tertiary/aromatic N) is 2. The second-order valence-electron chi connectivity index (χ2n) is 4.80. The standard InChI is InChI=1S/C13H22N2O5/c1-3-14(5-4-12(17)18)13(19)10-8-11(16)15(9-10)6-7-20-2/h10H,3-9H2,1-2H3,(H,17,18). The fourth-order valence-corrected chi connectivity index (χ4v) is 2.27. The van der Waals surface area contributed by atoms with E-state index in [1.54, 1.807) is 18.9 Å². The van der Waals surface area contributed by atoms with Crippen molar-refractivity contribution >= 4 is 17.8 Å². The summed E-state index contributed by atoms with van der Waals surface area (Å²) < 4.78 is 4.93. The van der Waals surface area contributed by atoms with Crippen molar-refractivity contribution in [2.45, 2.75) is 19.8 Å². The van der Waals surface area contributed by atoms with E-state index in [1.807, 2.05) is 0 Å².